The van der Waals surface area contributed by atoms with E-state index in [4.69, 9.17) is 0 Å². The Hall–Kier alpha value is 0.100. The van der Waals surface area contributed by atoms with Crippen LogP contribution in [-0.4, -0.2) is 18.2 Å². The Labute approximate surface area is 110 Å². The summed E-state index contributed by atoms with van der Waals surface area (Å²) >= 11 is 5.06. The monoisotopic (exact) mass is 305 g/mol. The van der Waals surface area contributed by atoms with Crippen molar-refractivity contribution in [1.29, 1.82) is 0 Å². The zero-order valence-corrected chi connectivity index (χ0v) is 12.5. The molecule has 4 heteroatoms. The van der Waals surface area contributed by atoms with E-state index in [1.54, 1.807) is 11.3 Å². The van der Waals surface area contributed by atoms with Crippen molar-refractivity contribution in [2.24, 2.45) is 5.92 Å². The van der Waals surface area contributed by atoms with Gasteiger partial charge in [0, 0.05) is 4.47 Å². The van der Waals surface area contributed by atoms with E-state index < -0.39 is 5.60 Å². The van der Waals surface area contributed by atoms with Gasteiger partial charge >= 0.3 is 0 Å². The molecule has 1 rings (SSSR count). The maximum atomic E-state index is 10.4. The van der Waals surface area contributed by atoms with Crippen LogP contribution in [0.1, 0.15) is 32.1 Å². The van der Waals surface area contributed by atoms with Crippen LogP contribution in [0, 0.1) is 5.92 Å². The standard InChI is InChI=1S/C12H20BrNOS/c1-9(2)8-14-6-5-12(3,15)11-10(13)4-7-16-11/h4,7,9,14-15H,5-6,8H2,1-3H3. The lowest BCUT2D eigenvalue weighted by Gasteiger charge is -2.23. The molecule has 92 valence electrons. The molecular formula is C12H20BrNOS. The molecule has 0 aliphatic carbocycles. The van der Waals surface area contributed by atoms with Gasteiger partial charge in [-0.3, -0.25) is 0 Å². The van der Waals surface area contributed by atoms with Crippen LogP contribution in [0.25, 0.3) is 0 Å². The molecule has 0 radical (unpaired) electrons. The van der Waals surface area contributed by atoms with Gasteiger partial charge in [0.25, 0.3) is 0 Å². The molecule has 2 N–H and O–H groups in total. The Morgan fingerprint density at radius 2 is 2.25 bits per heavy atom. The van der Waals surface area contributed by atoms with Crippen molar-refractivity contribution in [3.05, 3.63) is 20.8 Å². The molecule has 0 amide bonds. The molecule has 0 saturated heterocycles. The first-order valence-corrected chi connectivity index (χ1v) is 7.27. The van der Waals surface area contributed by atoms with Gasteiger partial charge in [0.1, 0.15) is 0 Å². The Morgan fingerprint density at radius 1 is 1.56 bits per heavy atom. The topological polar surface area (TPSA) is 32.3 Å². The van der Waals surface area contributed by atoms with Gasteiger partial charge in [0.15, 0.2) is 0 Å². The molecule has 0 fully saturated rings. The van der Waals surface area contributed by atoms with Gasteiger partial charge in [0.2, 0.25) is 0 Å². The Balaban J connectivity index is 2.43. The average Bonchev–Trinajstić information content (AvgIpc) is 2.59. The van der Waals surface area contributed by atoms with Crippen molar-refractivity contribution in [1.82, 2.24) is 5.32 Å². The van der Waals surface area contributed by atoms with Crippen molar-refractivity contribution in [3.8, 4) is 0 Å². The minimum atomic E-state index is -0.739. The van der Waals surface area contributed by atoms with Gasteiger partial charge in [-0.15, -0.1) is 11.3 Å². The lowest BCUT2D eigenvalue weighted by molar-refractivity contribution is 0.0510. The summed E-state index contributed by atoms with van der Waals surface area (Å²) in [7, 11) is 0. The second kappa shape index (κ2) is 6.15. The summed E-state index contributed by atoms with van der Waals surface area (Å²) in [6.45, 7) is 8.08. The molecule has 2 nitrogen and oxygen atoms in total. The third-order valence-corrected chi connectivity index (χ3v) is 4.54. The number of rotatable bonds is 6. The fourth-order valence-electron chi connectivity index (χ4n) is 1.51. The summed E-state index contributed by atoms with van der Waals surface area (Å²) in [5.41, 5.74) is -0.739. The van der Waals surface area contributed by atoms with E-state index in [-0.39, 0.29) is 0 Å². The summed E-state index contributed by atoms with van der Waals surface area (Å²) < 4.78 is 1.01. The van der Waals surface area contributed by atoms with E-state index in [1.807, 2.05) is 18.4 Å². The molecule has 1 atom stereocenters. The first kappa shape index (κ1) is 14.2. The Morgan fingerprint density at radius 3 is 2.75 bits per heavy atom. The first-order valence-electron chi connectivity index (χ1n) is 5.60. The fourth-order valence-corrected chi connectivity index (χ4v) is 3.41. The van der Waals surface area contributed by atoms with Gasteiger partial charge in [-0.05, 0) is 59.7 Å². The third kappa shape index (κ3) is 4.17. The number of hydrogen-bond acceptors (Lipinski definition) is 3. The number of nitrogens with one attached hydrogen (secondary N) is 1. The number of aliphatic hydroxyl groups is 1. The van der Waals surface area contributed by atoms with Crippen LogP contribution in [0.15, 0.2) is 15.9 Å². The summed E-state index contributed by atoms with van der Waals surface area (Å²) in [5, 5.41) is 15.7. The normalized spacial score (nSPS) is 15.4. The van der Waals surface area contributed by atoms with Crippen molar-refractivity contribution in [2.75, 3.05) is 13.1 Å². The van der Waals surface area contributed by atoms with Crippen LogP contribution in [0.5, 0.6) is 0 Å². The van der Waals surface area contributed by atoms with Gasteiger partial charge in [-0.25, -0.2) is 0 Å². The van der Waals surface area contributed by atoms with Gasteiger partial charge in [-0.2, -0.15) is 0 Å². The molecule has 1 aromatic rings. The Bertz CT molecular complexity index is 323. The molecule has 1 aromatic heterocycles. The van der Waals surface area contributed by atoms with Crippen molar-refractivity contribution in [3.63, 3.8) is 0 Å². The molecule has 0 spiro atoms. The number of thiophene rings is 1. The first-order chi connectivity index (χ1) is 7.43. The van der Waals surface area contributed by atoms with Crippen LogP contribution in [0.2, 0.25) is 0 Å². The minimum absolute atomic E-state index is 0.651. The van der Waals surface area contributed by atoms with E-state index in [0.717, 1.165) is 28.9 Å². The summed E-state index contributed by atoms with van der Waals surface area (Å²) in [6.07, 6.45) is 0.735. The van der Waals surface area contributed by atoms with Crippen molar-refractivity contribution in [2.45, 2.75) is 32.8 Å². The molecule has 0 aliphatic rings. The van der Waals surface area contributed by atoms with E-state index in [0.29, 0.717) is 5.92 Å². The number of halogens is 1. The molecule has 0 aromatic carbocycles. The van der Waals surface area contributed by atoms with E-state index in [1.165, 1.54) is 0 Å². The molecule has 16 heavy (non-hydrogen) atoms. The summed E-state index contributed by atoms with van der Waals surface area (Å²) in [6, 6.07) is 1.98. The molecule has 0 saturated carbocycles. The maximum absolute atomic E-state index is 10.4. The van der Waals surface area contributed by atoms with Crippen LogP contribution in [0.3, 0.4) is 0 Å². The SMILES string of the molecule is CC(C)CNCCC(C)(O)c1sccc1Br. The highest BCUT2D eigenvalue weighted by Crippen LogP contribution is 2.34. The third-order valence-electron chi connectivity index (χ3n) is 2.45. The van der Waals surface area contributed by atoms with E-state index in [2.05, 4.69) is 35.1 Å². The second-order valence-electron chi connectivity index (χ2n) is 4.72. The summed E-state index contributed by atoms with van der Waals surface area (Å²) in [4.78, 5) is 1.01. The predicted octanol–water partition coefficient (Wildman–Crippen LogP) is 3.35. The largest absolute Gasteiger partial charge is 0.385 e. The van der Waals surface area contributed by atoms with Crippen molar-refractivity contribution >= 4 is 27.3 Å². The zero-order chi connectivity index (χ0) is 12.2. The van der Waals surface area contributed by atoms with E-state index in [9.17, 15) is 5.11 Å². The maximum Gasteiger partial charge on any atom is 0.0983 e. The quantitative estimate of drug-likeness (QED) is 0.790. The summed E-state index contributed by atoms with van der Waals surface area (Å²) in [5.74, 6) is 0.651. The predicted molar refractivity (Wildman–Crippen MR) is 73.9 cm³/mol. The average molecular weight is 306 g/mol. The molecule has 1 heterocycles. The fraction of sp³-hybridized carbons (Fsp3) is 0.667. The Kier molecular flexibility index (Phi) is 5.44. The lowest BCUT2D eigenvalue weighted by Crippen LogP contribution is -2.29. The molecule has 0 aliphatic heterocycles. The molecule has 1 unspecified atom stereocenters. The zero-order valence-electron chi connectivity index (χ0n) is 10.1. The highest BCUT2D eigenvalue weighted by atomic mass is 79.9. The van der Waals surface area contributed by atoms with E-state index >= 15 is 0 Å². The second-order valence-corrected chi connectivity index (χ2v) is 6.49. The lowest BCUT2D eigenvalue weighted by atomic mass is 10.0. The smallest absolute Gasteiger partial charge is 0.0983 e. The van der Waals surface area contributed by atoms with Gasteiger partial charge in [0.05, 0.1) is 10.5 Å². The molecular weight excluding hydrogens is 286 g/mol. The van der Waals surface area contributed by atoms with Crippen LogP contribution in [-0.2, 0) is 5.60 Å². The molecule has 0 bridgehead atoms. The highest BCUT2D eigenvalue weighted by Gasteiger charge is 2.26. The number of hydrogen-bond donors (Lipinski definition) is 2. The van der Waals surface area contributed by atoms with Crippen molar-refractivity contribution < 1.29 is 5.11 Å². The van der Waals surface area contributed by atoms with Gasteiger partial charge < -0.3 is 10.4 Å². The van der Waals surface area contributed by atoms with Crippen LogP contribution < -0.4 is 5.32 Å². The van der Waals surface area contributed by atoms with Gasteiger partial charge in [-0.1, -0.05) is 13.8 Å². The minimum Gasteiger partial charge on any atom is -0.385 e. The van der Waals surface area contributed by atoms with Crippen LogP contribution in [0.4, 0.5) is 0 Å². The highest BCUT2D eigenvalue weighted by molar-refractivity contribution is 9.10. The van der Waals surface area contributed by atoms with Crippen LogP contribution >= 0.6 is 27.3 Å².